The summed E-state index contributed by atoms with van der Waals surface area (Å²) in [7, 11) is 1.56. The van der Waals surface area contributed by atoms with Gasteiger partial charge < -0.3 is 0 Å². The Kier molecular flexibility index (Phi) is 2.39. The van der Waals surface area contributed by atoms with Crippen LogP contribution in [0, 0.1) is 13.8 Å². The van der Waals surface area contributed by atoms with E-state index < -0.39 is 9.05 Å². The quantitative estimate of drug-likeness (QED) is 0.655. The average Bonchev–Trinajstić information content (AvgIpc) is 1.92. The van der Waals surface area contributed by atoms with Gasteiger partial charge in [0.05, 0.1) is 4.90 Å². The predicted octanol–water partition coefficient (Wildman–Crippen LogP) is 1.63. The van der Waals surface area contributed by atoms with Crippen molar-refractivity contribution in [2.24, 2.45) is 0 Å². The van der Waals surface area contributed by atoms with Crippen LogP contribution in [0.4, 0.5) is 0 Å². The molecule has 1 aromatic heterocycles. The molecule has 0 saturated carbocycles. The fraction of sp³-hybridized carbons (Fsp3) is 0.286. The summed E-state index contributed by atoms with van der Waals surface area (Å²) in [5.74, 6) is 0. The number of halogens is 1. The Morgan fingerprint density at radius 3 is 2.42 bits per heavy atom. The molecule has 0 aliphatic heterocycles. The van der Waals surface area contributed by atoms with Gasteiger partial charge in [0.25, 0.3) is 9.05 Å². The fourth-order valence-electron chi connectivity index (χ4n) is 0.881. The van der Waals surface area contributed by atoms with E-state index in [9.17, 15) is 8.42 Å². The molecule has 1 aromatic rings. The van der Waals surface area contributed by atoms with Crippen molar-refractivity contribution in [3.63, 3.8) is 0 Å². The van der Waals surface area contributed by atoms with Crippen LogP contribution in [0.25, 0.3) is 0 Å². The molecule has 0 radical (unpaired) electrons. The molecule has 0 fully saturated rings. The Bertz CT molecular complexity index is 400. The molecule has 0 unspecified atom stereocenters. The number of aryl methyl sites for hydroxylation is 1. The van der Waals surface area contributed by atoms with Crippen molar-refractivity contribution in [1.29, 1.82) is 0 Å². The molecule has 0 saturated heterocycles. The molecule has 1 rings (SSSR count). The second-order valence-corrected chi connectivity index (χ2v) is 4.99. The molecule has 0 atom stereocenters. The summed E-state index contributed by atoms with van der Waals surface area (Å²) >= 11 is 0. The van der Waals surface area contributed by atoms with E-state index in [1.807, 2.05) is 0 Å². The maximum absolute atomic E-state index is 10.9. The monoisotopic (exact) mass is 205 g/mol. The number of hydrogen-bond donors (Lipinski definition) is 0. The zero-order chi connectivity index (χ0) is 9.35. The smallest absolute Gasteiger partial charge is 0.261 e. The Balaban J connectivity index is 3.47. The van der Waals surface area contributed by atoms with Crippen LogP contribution in [0.1, 0.15) is 11.3 Å². The highest BCUT2D eigenvalue weighted by Gasteiger charge is 2.13. The van der Waals surface area contributed by atoms with Crippen molar-refractivity contribution < 1.29 is 8.42 Å². The van der Waals surface area contributed by atoms with Crippen molar-refractivity contribution in [2.45, 2.75) is 18.7 Å². The lowest BCUT2D eigenvalue weighted by molar-refractivity contribution is 0.608. The Labute approximate surface area is 75.8 Å². The number of rotatable bonds is 1. The van der Waals surface area contributed by atoms with E-state index >= 15 is 0 Å². The lowest BCUT2D eigenvalue weighted by Crippen LogP contribution is -1.97. The molecule has 1 heterocycles. The maximum atomic E-state index is 10.9. The number of nitrogens with zero attached hydrogens (tertiary/aromatic N) is 1. The predicted molar refractivity (Wildman–Crippen MR) is 46.7 cm³/mol. The molecule has 3 nitrogen and oxygen atoms in total. The van der Waals surface area contributed by atoms with Crippen molar-refractivity contribution in [3.8, 4) is 0 Å². The number of pyridine rings is 1. The van der Waals surface area contributed by atoms with Gasteiger partial charge >= 0.3 is 0 Å². The highest BCUT2D eigenvalue weighted by Crippen LogP contribution is 2.19. The topological polar surface area (TPSA) is 47.0 Å². The zero-order valence-corrected chi connectivity index (χ0v) is 8.28. The van der Waals surface area contributed by atoms with Gasteiger partial charge in [-0.15, -0.1) is 0 Å². The van der Waals surface area contributed by atoms with Gasteiger partial charge in [-0.1, -0.05) is 0 Å². The maximum Gasteiger partial charge on any atom is 0.261 e. The molecule has 0 aliphatic carbocycles. The summed E-state index contributed by atoms with van der Waals surface area (Å²) in [6.45, 7) is 3.42. The third kappa shape index (κ3) is 1.76. The normalized spacial score (nSPS) is 11.6. The SMILES string of the molecule is Cc1nccc(S(=O)(=O)Cl)c1C. The van der Waals surface area contributed by atoms with Crippen LogP contribution >= 0.6 is 10.7 Å². The first kappa shape index (κ1) is 9.48. The number of hydrogen-bond acceptors (Lipinski definition) is 3. The highest BCUT2D eigenvalue weighted by molar-refractivity contribution is 8.13. The van der Waals surface area contributed by atoms with Gasteiger partial charge in [0.2, 0.25) is 0 Å². The van der Waals surface area contributed by atoms with Crippen LogP contribution in [0.3, 0.4) is 0 Å². The molecule has 0 aromatic carbocycles. The molecule has 0 amide bonds. The lowest BCUT2D eigenvalue weighted by atomic mass is 10.2. The van der Waals surface area contributed by atoms with Crippen LogP contribution in [0.15, 0.2) is 17.2 Å². The van der Waals surface area contributed by atoms with E-state index in [-0.39, 0.29) is 4.90 Å². The van der Waals surface area contributed by atoms with E-state index in [0.29, 0.717) is 11.3 Å². The fourth-order valence-corrected chi connectivity index (χ4v) is 2.12. The largest absolute Gasteiger partial charge is 0.261 e. The minimum absolute atomic E-state index is 0.136. The molecule has 0 spiro atoms. The summed E-state index contributed by atoms with van der Waals surface area (Å²) in [6, 6.07) is 1.39. The van der Waals surface area contributed by atoms with Gasteiger partial charge in [0, 0.05) is 22.6 Å². The first-order valence-corrected chi connectivity index (χ1v) is 5.60. The lowest BCUT2D eigenvalue weighted by Gasteiger charge is -2.02. The summed E-state index contributed by atoms with van der Waals surface area (Å²) in [5.41, 5.74) is 1.28. The van der Waals surface area contributed by atoms with E-state index in [0.717, 1.165) is 0 Å². The van der Waals surface area contributed by atoms with Gasteiger partial charge in [-0.05, 0) is 25.5 Å². The summed E-state index contributed by atoms with van der Waals surface area (Å²) < 4.78 is 21.9. The van der Waals surface area contributed by atoms with Crippen molar-refractivity contribution >= 4 is 19.7 Å². The summed E-state index contributed by atoms with van der Waals surface area (Å²) in [5, 5.41) is 0. The minimum atomic E-state index is -3.62. The Hall–Kier alpha value is -0.610. The Morgan fingerprint density at radius 1 is 1.42 bits per heavy atom. The first-order valence-electron chi connectivity index (χ1n) is 3.30. The molecular weight excluding hydrogens is 198 g/mol. The average molecular weight is 206 g/mol. The van der Waals surface area contributed by atoms with E-state index in [2.05, 4.69) is 4.98 Å². The van der Waals surface area contributed by atoms with Gasteiger partial charge in [-0.3, -0.25) is 4.98 Å². The number of aromatic nitrogens is 1. The van der Waals surface area contributed by atoms with Crippen LogP contribution in [0.2, 0.25) is 0 Å². The highest BCUT2D eigenvalue weighted by atomic mass is 35.7. The van der Waals surface area contributed by atoms with Crippen LogP contribution in [0.5, 0.6) is 0 Å². The van der Waals surface area contributed by atoms with Crippen LogP contribution in [-0.2, 0) is 9.05 Å². The molecule has 66 valence electrons. The van der Waals surface area contributed by atoms with Gasteiger partial charge in [-0.2, -0.15) is 0 Å². The second-order valence-electron chi connectivity index (χ2n) is 2.46. The molecule has 5 heteroatoms. The molecule has 0 N–H and O–H groups in total. The standard InChI is InChI=1S/C7H8ClNO2S/c1-5-6(2)9-4-3-7(5)12(8,10)11/h3-4H,1-2H3. The van der Waals surface area contributed by atoms with Crippen LogP contribution < -0.4 is 0 Å². The van der Waals surface area contributed by atoms with Crippen molar-refractivity contribution in [1.82, 2.24) is 4.98 Å². The second kappa shape index (κ2) is 3.03. The summed E-state index contributed by atoms with van der Waals surface area (Å²) in [4.78, 5) is 4.07. The molecule has 0 aliphatic rings. The Morgan fingerprint density at radius 2 is 2.00 bits per heavy atom. The molecular formula is C7H8ClNO2S. The van der Waals surface area contributed by atoms with Crippen LogP contribution in [-0.4, -0.2) is 13.4 Å². The zero-order valence-electron chi connectivity index (χ0n) is 6.70. The third-order valence-electron chi connectivity index (χ3n) is 1.67. The van der Waals surface area contributed by atoms with E-state index in [1.54, 1.807) is 13.8 Å². The van der Waals surface area contributed by atoms with Gasteiger partial charge in [0.1, 0.15) is 0 Å². The van der Waals surface area contributed by atoms with Crippen molar-refractivity contribution in [2.75, 3.05) is 0 Å². The molecule has 0 bridgehead atoms. The minimum Gasteiger partial charge on any atom is -0.261 e. The first-order chi connectivity index (χ1) is 5.43. The van der Waals surface area contributed by atoms with Gasteiger partial charge in [-0.25, -0.2) is 8.42 Å². The molecule has 12 heavy (non-hydrogen) atoms. The third-order valence-corrected chi connectivity index (χ3v) is 3.14. The van der Waals surface area contributed by atoms with E-state index in [1.165, 1.54) is 12.3 Å². The van der Waals surface area contributed by atoms with Crippen molar-refractivity contribution in [3.05, 3.63) is 23.5 Å². The summed E-state index contributed by atoms with van der Waals surface area (Å²) in [6.07, 6.45) is 1.43. The van der Waals surface area contributed by atoms with E-state index in [4.69, 9.17) is 10.7 Å². The van der Waals surface area contributed by atoms with Gasteiger partial charge in [0.15, 0.2) is 0 Å².